The monoisotopic (exact) mass is 358 g/mol. The molecule has 3 heterocycles. The van der Waals surface area contributed by atoms with Crippen LogP contribution in [0.1, 0.15) is 72.5 Å². The quantitative estimate of drug-likeness (QED) is 0.831. The Balaban J connectivity index is 1.52. The molecule has 1 atom stereocenters. The van der Waals surface area contributed by atoms with Crippen molar-refractivity contribution in [1.82, 2.24) is 29.7 Å². The average molecular weight is 358 g/mol. The summed E-state index contributed by atoms with van der Waals surface area (Å²) in [6.07, 6.45) is 2.28. The summed E-state index contributed by atoms with van der Waals surface area (Å²) < 4.78 is 7.19. The predicted octanol–water partition coefficient (Wildman–Crippen LogP) is 1.93. The number of aromatic nitrogens is 4. The summed E-state index contributed by atoms with van der Waals surface area (Å²) in [6, 6.07) is 1.84. The van der Waals surface area contributed by atoms with Gasteiger partial charge in [-0.05, 0) is 31.9 Å². The van der Waals surface area contributed by atoms with E-state index in [4.69, 9.17) is 4.52 Å². The van der Waals surface area contributed by atoms with Crippen LogP contribution in [-0.4, -0.2) is 62.3 Å². The van der Waals surface area contributed by atoms with Gasteiger partial charge in [0, 0.05) is 32.6 Å². The van der Waals surface area contributed by atoms with Gasteiger partial charge in [-0.3, -0.25) is 14.4 Å². The molecular formula is C18H26N6O2. The number of likely N-dealkylation sites (N-methyl/N-ethyl adjacent to an activating group) is 1. The number of hydrogen-bond donors (Lipinski definition) is 0. The zero-order valence-electron chi connectivity index (χ0n) is 15.8. The first-order chi connectivity index (χ1) is 12.4. The van der Waals surface area contributed by atoms with Gasteiger partial charge in [-0.25, -0.2) is 0 Å². The summed E-state index contributed by atoms with van der Waals surface area (Å²) in [7, 11) is 3.86. The molecule has 26 heavy (non-hydrogen) atoms. The van der Waals surface area contributed by atoms with Crippen LogP contribution < -0.4 is 0 Å². The lowest BCUT2D eigenvalue weighted by Crippen LogP contribution is -2.49. The second kappa shape index (κ2) is 6.50. The Morgan fingerprint density at radius 3 is 2.69 bits per heavy atom. The fraction of sp³-hybridized carbons (Fsp3) is 0.667. The van der Waals surface area contributed by atoms with Gasteiger partial charge in [-0.15, -0.1) is 0 Å². The van der Waals surface area contributed by atoms with Crippen LogP contribution in [-0.2, 0) is 7.05 Å². The molecule has 1 aliphatic carbocycles. The van der Waals surface area contributed by atoms with Crippen molar-refractivity contribution in [3.05, 3.63) is 29.2 Å². The standard InChI is InChI=1S/C18H26N6O2/c1-11(2)13-9-14(23(4)20-13)18(25)24-8-7-22(3)15(10-24)17-19-16(21-26-17)12-5-6-12/h9,11-12,15H,5-8,10H2,1-4H3/t15-/m1/s1. The molecule has 0 spiro atoms. The Morgan fingerprint density at radius 1 is 1.27 bits per heavy atom. The molecule has 8 nitrogen and oxygen atoms in total. The third kappa shape index (κ3) is 3.13. The van der Waals surface area contributed by atoms with E-state index >= 15 is 0 Å². The van der Waals surface area contributed by atoms with E-state index in [2.05, 4.69) is 34.0 Å². The maximum atomic E-state index is 13.0. The molecule has 140 valence electrons. The first-order valence-corrected chi connectivity index (χ1v) is 9.31. The van der Waals surface area contributed by atoms with Crippen LogP contribution in [0.4, 0.5) is 0 Å². The van der Waals surface area contributed by atoms with E-state index in [1.165, 1.54) is 0 Å². The number of hydrogen-bond acceptors (Lipinski definition) is 6. The van der Waals surface area contributed by atoms with Crippen LogP contribution in [0.25, 0.3) is 0 Å². The maximum absolute atomic E-state index is 13.0. The van der Waals surface area contributed by atoms with Gasteiger partial charge in [0.2, 0.25) is 5.89 Å². The SMILES string of the molecule is CC(C)c1cc(C(=O)N2CCN(C)[C@@H](c3nc(C4CC4)no3)C2)n(C)n1. The highest BCUT2D eigenvalue weighted by atomic mass is 16.5. The van der Waals surface area contributed by atoms with E-state index in [0.717, 1.165) is 30.9 Å². The zero-order valence-corrected chi connectivity index (χ0v) is 15.8. The zero-order chi connectivity index (χ0) is 18.4. The molecule has 4 rings (SSSR count). The largest absolute Gasteiger partial charge is 0.338 e. The number of amides is 1. The van der Waals surface area contributed by atoms with Gasteiger partial charge in [-0.1, -0.05) is 19.0 Å². The van der Waals surface area contributed by atoms with Crippen LogP contribution in [0.5, 0.6) is 0 Å². The molecular weight excluding hydrogens is 332 g/mol. The van der Waals surface area contributed by atoms with Crippen LogP contribution in [0.15, 0.2) is 10.6 Å². The van der Waals surface area contributed by atoms with Gasteiger partial charge in [0.05, 0.1) is 5.69 Å². The van der Waals surface area contributed by atoms with Crippen molar-refractivity contribution in [2.75, 3.05) is 26.7 Å². The van der Waals surface area contributed by atoms with Gasteiger partial charge in [-0.2, -0.15) is 10.1 Å². The van der Waals surface area contributed by atoms with Crippen molar-refractivity contribution >= 4 is 5.91 Å². The molecule has 1 amide bonds. The van der Waals surface area contributed by atoms with E-state index in [9.17, 15) is 4.79 Å². The third-order valence-corrected chi connectivity index (χ3v) is 5.33. The van der Waals surface area contributed by atoms with E-state index in [0.29, 0.717) is 36.5 Å². The number of rotatable bonds is 4. The summed E-state index contributed by atoms with van der Waals surface area (Å²) >= 11 is 0. The number of nitrogens with zero attached hydrogens (tertiary/aromatic N) is 6. The second-order valence-corrected chi connectivity index (χ2v) is 7.75. The lowest BCUT2D eigenvalue weighted by atomic mass is 10.1. The minimum atomic E-state index is -0.0644. The smallest absolute Gasteiger partial charge is 0.272 e. The molecule has 1 aliphatic heterocycles. The number of carbonyl (C=O) groups is 1. The van der Waals surface area contributed by atoms with Crippen LogP contribution >= 0.6 is 0 Å². The van der Waals surface area contributed by atoms with Gasteiger partial charge in [0.25, 0.3) is 5.91 Å². The van der Waals surface area contributed by atoms with E-state index in [1.807, 2.05) is 25.1 Å². The van der Waals surface area contributed by atoms with Crippen molar-refractivity contribution in [3.8, 4) is 0 Å². The fourth-order valence-corrected chi connectivity index (χ4v) is 3.35. The Bertz CT molecular complexity index is 806. The minimum absolute atomic E-state index is 0.00642. The van der Waals surface area contributed by atoms with Crippen molar-refractivity contribution in [1.29, 1.82) is 0 Å². The highest BCUT2D eigenvalue weighted by Gasteiger charge is 2.35. The van der Waals surface area contributed by atoms with Crippen LogP contribution in [0.2, 0.25) is 0 Å². The average Bonchev–Trinajstić information content (AvgIpc) is 3.21. The Kier molecular flexibility index (Phi) is 4.30. The van der Waals surface area contributed by atoms with Crippen molar-refractivity contribution in [2.24, 2.45) is 7.05 Å². The van der Waals surface area contributed by atoms with E-state index in [1.54, 1.807) is 4.68 Å². The van der Waals surface area contributed by atoms with Crippen LogP contribution in [0, 0.1) is 0 Å². The highest BCUT2D eigenvalue weighted by molar-refractivity contribution is 5.92. The first kappa shape index (κ1) is 17.2. The molecule has 0 bridgehead atoms. The van der Waals surface area contributed by atoms with Gasteiger partial charge in [0.15, 0.2) is 5.82 Å². The van der Waals surface area contributed by atoms with Crippen molar-refractivity contribution in [3.63, 3.8) is 0 Å². The molecule has 0 N–H and O–H groups in total. The number of piperazine rings is 1. The summed E-state index contributed by atoms with van der Waals surface area (Å²) in [5.41, 5.74) is 1.56. The summed E-state index contributed by atoms with van der Waals surface area (Å²) in [5, 5.41) is 8.59. The molecule has 2 fully saturated rings. The first-order valence-electron chi connectivity index (χ1n) is 9.31. The number of carbonyl (C=O) groups excluding carboxylic acids is 1. The summed E-state index contributed by atoms with van der Waals surface area (Å²) in [4.78, 5) is 21.7. The second-order valence-electron chi connectivity index (χ2n) is 7.75. The molecule has 2 aromatic rings. The lowest BCUT2D eigenvalue weighted by Gasteiger charge is -2.37. The van der Waals surface area contributed by atoms with E-state index in [-0.39, 0.29) is 11.9 Å². The van der Waals surface area contributed by atoms with Gasteiger partial charge >= 0.3 is 0 Å². The van der Waals surface area contributed by atoms with E-state index < -0.39 is 0 Å². The maximum Gasteiger partial charge on any atom is 0.272 e. The molecule has 0 unspecified atom stereocenters. The van der Waals surface area contributed by atoms with Crippen molar-refractivity contribution < 1.29 is 9.32 Å². The molecule has 1 saturated heterocycles. The van der Waals surface area contributed by atoms with Gasteiger partial charge in [0.1, 0.15) is 11.7 Å². The van der Waals surface area contributed by atoms with Crippen LogP contribution in [0.3, 0.4) is 0 Å². The topological polar surface area (TPSA) is 80.3 Å². The summed E-state index contributed by atoms with van der Waals surface area (Å²) in [6.45, 7) is 6.15. The summed E-state index contributed by atoms with van der Waals surface area (Å²) in [5.74, 6) is 2.18. The third-order valence-electron chi connectivity index (χ3n) is 5.33. The Labute approximate surface area is 153 Å². The van der Waals surface area contributed by atoms with Gasteiger partial charge < -0.3 is 9.42 Å². The normalized spacial score (nSPS) is 21.6. The molecule has 2 aliphatic rings. The molecule has 1 saturated carbocycles. The predicted molar refractivity (Wildman–Crippen MR) is 94.8 cm³/mol. The van der Waals surface area contributed by atoms with Crippen molar-refractivity contribution in [2.45, 2.75) is 44.6 Å². The Hall–Kier alpha value is -2.22. The lowest BCUT2D eigenvalue weighted by molar-refractivity contribution is 0.0479. The molecule has 0 radical (unpaired) electrons. The molecule has 8 heteroatoms. The molecule has 2 aromatic heterocycles. The minimum Gasteiger partial charge on any atom is -0.338 e. The number of aryl methyl sites for hydroxylation is 1. The fourth-order valence-electron chi connectivity index (χ4n) is 3.35. The highest BCUT2D eigenvalue weighted by Crippen LogP contribution is 2.38. The molecule has 0 aromatic carbocycles. The Morgan fingerprint density at radius 2 is 2.04 bits per heavy atom.